The first-order chi connectivity index (χ1) is 23.5. The van der Waals surface area contributed by atoms with E-state index in [0.29, 0.717) is 62.7 Å². The number of hydrogen-bond donors (Lipinski definition) is 6. The molecule has 0 atom stereocenters. The van der Waals surface area contributed by atoms with Gasteiger partial charge in [-0.3, -0.25) is 24.0 Å². The number of hydrogen-bond acceptors (Lipinski definition) is 9. The Balaban J connectivity index is 0.00000198. The normalized spacial score (nSPS) is 10.5. The first-order valence-electron chi connectivity index (χ1n) is 17.2. The highest BCUT2D eigenvalue weighted by Gasteiger charge is 2.08. The number of anilines is 1. The van der Waals surface area contributed by atoms with Gasteiger partial charge in [-0.05, 0) is 56.9 Å². The van der Waals surface area contributed by atoms with Gasteiger partial charge in [0.15, 0.2) is 5.78 Å². The van der Waals surface area contributed by atoms with Crippen molar-refractivity contribution in [3.8, 4) is 0 Å². The molecule has 0 aliphatic rings. The molecule has 4 amide bonds. The third-order valence-electron chi connectivity index (χ3n) is 7.00. The van der Waals surface area contributed by atoms with E-state index in [0.717, 1.165) is 32.1 Å². The van der Waals surface area contributed by atoms with Crippen LogP contribution in [0.3, 0.4) is 0 Å². The quantitative estimate of drug-likeness (QED) is 0.0724. The molecule has 1 aromatic carbocycles. The molecule has 14 nitrogen and oxygen atoms in total. The predicted octanol–water partition coefficient (Wildman–Crippen LogP) is 0.823. The van der Waals surface area contributed by atoms with Gasteiger partial charge < -0.3 is 45.5 Å². The van der Waals surface area contributed by atoms with Crippen LogP contribution >= 0.6 is 0 Å². The first-order valence-corrected chi connectivity index (χ1v) is 17.2. The smallest absolute Gasteiger partial charge is 0.251 e. The van der Waals surface area contributed by atoms with Gasteiger partial charge in [-0.2, -0.15) is 0 Å². The Morgan fingerprint density at radius 2 is 1.31 bits per heavy atom. The predicted molar refractivity (Wildman–Crippen MR) is 187 cm³/mol. The number of nitrogens with one attached hydrogen (secondary N) is 5. The Hall–Kier alpha value is -3.72. The van der Waals surface area contributed by atoms with E-state index in [4.69, 9.17) is 14.6 Å². The zero-order chi connectivity index (χ0) is 36.7. The molecule has 0 aromatic heterocycles. The van der Waals surface area contributed by atoms with Crippen molar-refractivity contribution in [2.75, 3.05) is 79.1 Å². The van der Waals surface area contributed by atoms with Gasteiger partial charge >= 0.3 is 0 Å². The molecule has 0 radical (unpaired) electrons. The van der Waals surface area contributed by atoms with Crippen LogP contribution in [-0.4, -0.2) is 114 Å². The standard InChI is InChI=1S/C27H42N4O8.C8H17NO/c1-28-24(34)12-14-29-25(35)13-16-38-18-19-39-17-15-30-27(37)21-8-10-22(11-9-21)31-26(36)7-5-3-2-4-6-23(33)20-32;1-8(10)6-4-5-7-9(2)3/h8-11,32H,2-7,12-20H2,1H3,(H,28,34)(H,29,35)(H,30,37)(H,31,36);4-7H2,1-3H3/p+1. The van der Waals surface area contributed by atoms with E-state index in [-0.39, 0.29) is 55.4 Å². The first kappa shape index (κ1) is 45.3. The number of ether oxygens (including phenoxy) is 2. The van der Waals surface area contributed by atoms with Gasteiger partial charge in [-0.1, -0.05) is 12.8 Å². The molecule has 1 aromatic rings. The molecule has 0 heterocycles. The fourth-order valence-electron chi connectivity index (χ4n) is 4.18. The highest BCUT2D eigenvalue weighted by molar-refractivity contribution is 5.95. The van der Waals surface area contributed by atoms with E-state index < -0.39 is 6.61 Å². The second kappa shape index (κ2) is 30.3. The summed E-state index contributed by atoms with van der Waals surface area (Å²) in [5.74, 6) is -0.529. The van der Waals surface area contributed by atoms with Gasteiger partial charge in [0.05, 0.1) is 47.1 Å². The molecule has 278 valence electrons. The van der Waals surface area contributed by atoms with E-state index in [9.17, 15) is 28.8 Å². The monoisotopic (exact) mass is 694 g/mol. The van der Waals surface area contributed by atoms with Crippen molar-refractivity contribution in [3.63, 3.8) is 0 Å². The molecule has 0 bridgehead atoms. The van der Waals surface area contributed by atoms with Gasteiger partial charge in [0.1, 0.15) is 12.4 Å². The van der Waals surface area contributed by atoms with Gasteiger partial charge in [-0.15, -0.1) is 0 Å². The van der Waals surface area contributed by atoms with Gasteiger partial charge in [0.25, 0.3) is 5.91 Å². The van der Waals surface area contributed by atoms with Crippen molar-refractivity contribution in [2.45, 2.75) is 77.6 Å². The third-order valence-corrected chi connectivity index (χ3v) is 7.00. The van der Waals surface area contributed by atoms with Crippen LogP contribution in [0.15, 0.2) is 24.3 Å². The molecule has 0 aliphatic heterocycles. The number of carbonyl (C=O) groups excluding carboxylic acids is 6. The molecule has 0 spiro atoms. The molecule has 1 rings (SSSR count). The molecule has 14 heteroatoms. The molecule has 0 fully saturated rings. The lowest BCUT2D eigenvalue weighted by Crippen LogP contribution is -3.05. The Labute approximate surface area is 291 Å². The van der Waals surface area contributed by atoms with Gasteiger partial charge in [0, 0.05) is 63.5 Å². The fraction of sp³-hybridized carbons (Fsp3) is 0.657. The fourth-order valence-corrected chi connectivity index (χ4v) is 4.18. The minimum Gasteiger partial charge on any atom is -0.389 e. The number of unbranched alkanes of at least 4 members (excludes halogenated alkanes) is 4. The van der Waals surface area contributed by atoms with E-state index >= 15 is 0 Å². The minimum absolute atomic E-state index is 0.110. The number of amides is 4. The number of ketones is 2. The summed E-state index contributed by atoms with van der Waals surface area (Å²) in [6.45, 7) is 4.22. The molecule has 0 saturated heterocycles. The Bertz CT molecular complexity index is 1100. The third kappa shape index (κ3) is 29.0. The van der Waals surface area contributed by atoms with Crippen LogP contribution in [-0.2, 0) is 33.4 Å². The summed E-state index contributed by atoms with van der Waals surface area (Å²) >= 11 is 0. The summed E-state index contributed by atoms with van der Waals surface area (Å²) in [7, 11) is 5.81. The van der Waals surface area contributed by atoms with Crippen molar-refractivity contribution in [1.29, 1.82) is 0 Å². The minimum atomic E-state index is -0.414. The van der Waals surface area contributed by atoms with Crippen LogP contribution < -0.4 is 26.2 Å². The maximum absolute atomic E-state index is 12.3. The Morgan fingerprint density at radius 3 is 1.92 bits per heavy atom. The number of carbonyl (C=O) groups is 6. The highest BCUT2D eigenvalue weighted by Crippen LogP contribution is 2.12. The summed E-state index contributed by atoms with van der Waals surface area (Å²) in [6.07, 6.45) is 7.27. The van der Waals surface area contributed by atoms with Crippen LogP contribution in [0.25, 0.3) is 0 Å². The molecule has 0 aliphatic carbocycles. The summed E-state index contributed by atoms with van der Waals surface area (Å²) in [6, 6.07) is 6.60. The number of aliphatic hydroxyl groups excluding tert-OH is 1. The van der Waals surface area contributed by atoms with E-state index in [1.165, 1.54) is 17.9 Å². The lowest BCUT2D eigenvalue weighted by atomic mass is 10.1. The Kier molecular flexibility index (Phi) is 28.0. The summed E-state index contributed by atoms with van der Waals surface area (Å²) in [5, 5.41) is 19.4. The molecule has 49 heavy (non-hydrogen) atoms. The van der Waals surface area contributed by atoms with Crippen molar-refractivity contribution in [3.05, 3.63) is 29.8 Å². The number of quaternary nitrogens is 1. The number of benzene rings is 1. The second-order valence-corrected chi connectivity index (χ2v) is 11.9. The summed E-state index contributed by atoms with van der Waals surface area (Å²) in [4.78, 5) is 70.0. The lowest BCUT2D eigenvalue weighted by Gasteiger charge is -2.09. The van der Waals surface area contributed by atoms with E-state index in [1.807, 2.05) is 0 Å². The van der Waals surface area contributed by atoms with E-state index in [1.54, 1.807) is 38.2 Å². The highest BCUT2D eigenvalue weighted by atomic mass is 16.5. The second-order valence-electron chi connectivity index (χ2n) is 11.9. The zero-order valence-electron chi connectivity index (χ0n) is 30.0. The zero-order valence-corrected chi connectivity index (χ0v) is 30.0. The number of aliphatic hydroxyl groups is 1. The average Bonchev–Trinajstić information content (AvgIpc) is 3.07. The lowest BCUT2D eigenvalue weighted by molar-refractivity contribution is -0.858. The van der Waals surface area contributed by atoms with Crippen LogP contribution in [0, 0.1) is 0 Å². The number of Topliss-reactive ketones (excluding diaryl/α,β-unsaturated/α-hetero) is 2. The number of rotatable bonds is 27. The van der Waals surface area contributed by atoms with Gasteiger partial charge in [0.2, 0.25) is 17.7 Å². The molecule has 6 N–H and O–H groups in total. The summed E-state index contributed by atoms with van der Waals surface area (Å²) in [5.41, 5.74) is 1.07. The molecular weight excluding hydrogens is 634 g/mol. The van der Waals surface area contributed by atoms with Crippen molar-refractivity contribution in [1.82, 2.24) is 16.0 Å². The van der Waals surface area contributed by atoms with Crippen molar-refractivity contribution < 1.29 is 48.2 Å². The van der Waals surface area contributed by atoms with Crippen molar-refractivity contribution in [2.24, 2.45) is 0 Å². The van der Waals surface area contributed by atoms with Gasteiger partial charge in [-0.25, -0.2) is 0 Å². The topological polar surface area (TPSA) is 194 Å². The SMILES string of the molecule is CC(=O)CCCC[NH+](C)C.CNC(=O)CCNC(=O)CCOCCOCCNC(=O)c1ccc(NC(=O)CCCCCCC(=O)CO)cc1. The Morgan fingerprint density at radius 1 is 0.673 bits per heavy atom. The van der Waals surface area contributed by atoms with Crippen molar-refractivity contribution >= 4 is 40.9 Å². The molecular formula is C35H60N5O9+. The average molecular weight is 695 g/mol. The van der Waals surface area contributed by atoms with Crippen LogP contribution in [0.2, 0.25) is 0 Å². The largest absolute Gasteiger partial charge is 0.389 e. The van der Waals surface area contributed by atoms with Crippen LogP contribution in [0.4, 0.5) is 5.69 Å². The summed E-state index contributed by atoms with van der Waals surface area (Å²) < 4.78 is 10.7. The van der Waals surface area contributed by atoms with Crippen LogP contribution in [0.1, 0.15) is 87.9 Å². The van der Waals surface area contributed by atoms with Crippen LogP contribution in [0.5, 0.6) is 0 Å². The maximum Gasteiger partial charge on any atom is 0.251 e. The molecule has 0 saturated carbocycles. The molecule has 0 unspecified atom stereocenters. The van der Waals surface area contributed by atoms with E-state index in [2.05, 4.69) is 35.4 Å². The maximum atomic E-state index is 12.3.